The van der Waals surface area contributed by atoms with Crippen molar-refractivity contribution >= 4 is 11.8 Å². The van der Waals surface area contributed by atoms with Crippen LogP contribution in [-0.2, 0) is 9.59 Å². The molecular formula is C16H29N3O4. The standard InChI is InChI=1S/C16H29N3O4/c1-13(22)17-10-15(23)19-6-3-16(4-7-19)2-5-18(8-9-20)11-14(16)12-21/h14,20-21H,2-12H2,1H3,(H,17,22)/t14-/m0/s1. The van der Waals surface area contributed by atoms with E-state index in [0.29, 0.717) is 19.6 Å². The van der Waals surface area contributed by atoms with Gasteiger partial charge in [-0.25, -0.2) is 0 Å². The summed E-state index contributed by atoms with van der Waals surface area (Å²) in [5.41, 5.74) is 0.103. The highest BCUT2D eigenvalue weighted by molar-refractivity contribution is 5.83. The highest BCUT2D eigenvalue weighted by Crippen LogP contribution is 2.45. The molecule has 7 heteroatoms. The van der Waals surface area contributed by atoms with E-state index in [-0.39, 0.29) is 42.9 Å². The largest absolute Gasteiger partial charge is 0.396 e. The molecule has 23 heavy (non-hydrogen) atoms. The van der Waals surface area contributed by atoms with E-state index in [0.717, 1.165) is 32.4 Å². The van der Waals surface area contributed by atoms with Crippen molar-refractivity contribution in [2.75, 3.05) is 52.5 Å². The molecular weight excluding hydrogens is 298 g/mol. The summed E-state index contributed by atoms with van der Waals surface area (Å²) in [5.74, 6) is -0.0212. The summed E-state index contributed by atoms with van der Waals surface area (Å²) < 4.78 is 0. The fourth-order valence-electron chi connectivity index (χ4n) is 3.95. The van der Waals surface area contributed by atoms with Crippen molar-refractivity contribution in [2.24, 2.45) is 11.3 Å². The van der Waals surface area contributed by atoms with Gasteiger partial charge in [0.25, 0.3) is 0 Å². The Morgan fingerprint density at radius 1 is 1.17 bits per heavy atom. The van der Waals surface area contributed by atoms with Crippen LogP contribution in [-0.4, -0.2) is 84.3 Å². The molecule has 7 nitrogen and oxygen atoms in total. The van der Waals surface area contributed by atoms with Crippen molar-refractivity contribution in [1.29, 1.82) is 0 Å². The average molecular weight is 327 g/mol. The molecule has 1 spiro atoms. The first-order valence-electron chi connectivity index (χ1n) is 8.47. The Hall–Kier alpha value is -1.18. The van der Waals surface area contributed by atoms with Gasteiger partial charge in [0.1, 0.15) is 0 Å². The van der Waals surface area contributed by atoms with Gasteiger partial charge in [-0.3, -0.25) is 9.59 Å². The summed E-state index contributed by atoms with van der Waals surface area (Å²) >= 11 is 0. The third kappa shape index (κ3) is 4.43. The molecule has 0 aromatic carbocycles. The van der Waals surface area contributed by atoms with Crippen LogP contribution in [0.25, 0.3) is 0 Å². The molecule has 2 amide bonds. The molecule has 0 saturated carbocycles. The van der Waals surface area contributed by atoms with E-state index in [9.17, 15) is 14.7 Å². The molecule has 0 aromatic heterocycles. The minimum Gasteiger partial charge on any atom is -0.396 e. The smallest absolute Gasteiger partial charge is 0.241 e. The fourth-order valence-corrected chi connectivity index (χ4v) is 3.95. The number of nitrogens with zero attached hydrogens (tertiary/aromatic N) is 2. The summed E-state index contributed by atoms with van der Waals surface area (Å²) in [6.45, 7) is 5.57. The molecule has 2 rings (SSSR count). The molecule has 0 aromatic rings. The minimum absolute atomic E-state index is 0.0340. The molecule has 2 saturated heterocycles. The molecule has 1 atom stereocenters. The number of carbonyl (C=O) groups is 2. The van der Waals surface area contributed by atoms with Crippen LogP contribution in [0, 0.1) is 11.3 Å². The number of carbonyl (C=O) groups excluding carboxylic acids is 2. The van der Waals surface area contributed by atoms with Crippen molar-refractivity contribution < 1.29 is 19.8 Å². The zero-order chi connectivity index (χ0) is 16.9. The van der Waals surface area contributed by atoms with Gasteiger partial charge in [-0.05, 0) is 31.2 Å². The Labute approximate surface area is 137 Å². The van der Waals surface area contributed by atoms with E-state index in [1.54, 1.807) is 0 Å². The highest BCUT2D eigenvalue weighted by atomic mass is 16.3. The lowest BCUT2D eigenvalue weighted by molar-refractivity contribution is -0.136. The third-order valence-electron chi connectivity index (χ3n) is 5.51. The van der Waals surface area contributed by atoms with E-state index in [4.69, 9.17) is 5.11 Å². The summed E-state index contributed by atoms with van der Waals surface area (Å²) in [5, 5.41) is 21.4. The molecule has 2 heterocycles. The van der Waals surface area contributed by atoms with Crippen LogP contribution in [0.3, 0.4) is 0 Å². The van der Waals surface area contributed by atoms with Crippen LogP contribution in [0.4, 0.5) is 0 Å². The zero-order valence-corrected chi connectivity index (χ0v) is 14.0. The molecule has 2 aliphatic heterocycles. The Morgan fingerprint density at radius 2 is 1.83 bits per heavy atom. The lowest BCUT2D eigenvalue weighted by Gasteiger charge is -2.51. The van der Waals surface area contributed by atoms with Gasteiger partial charge in [0.05, 0.1) is 13.2 Å². The molecule has 2 aliphatic rings. The second kappa shape index (κ2) is 8.08. The molecule has 0 unspecified atom stereocenters. The summed E-state index contributed by atoms with van der Waals surface area (Å²) in [6.07, 6.45) is 2.81. The number of piperidine rings is 2. The number of nitrogens with one attached hydrogen (secondary N) is 1. The Morgan fingerprint density at radius 3 is 2.39 bits per heavy atom. The molecule has 0 aliphatic carbocycles. The predicted octanol–water partition coefficient (Wildman–Crippen LogP) is -0.962. The van der Waals surface area contributed by atoms with Crippen molar-refractivity contribution in [1.82, 2.24) is 15.1 Å². The SMILES string of the molecule is CC(=O)NCC(=O)N1CCC2(CCN(CCO)C[C@H]2CO)CC1. The van der Waals surface area contributed by atoms with E-state index >= 15 is 0 Å². The Kier molecular flexibility index (Phi) is 6.38. The van der Waals surface area contributed by atoms with Gasteiger partial charge in [-0.15, -0.1) is 0 Å². The molecule has 3 N–H and O–H groups in total. The fraction of sp³-hybridized carbons (Fsp3) is 0.875. The first-order chi connectivity index (χ1) is 11.0. The quantitative estimate of drug-likeness (QED) is 0.605. The van der Waals surface area contributed by atoms with Crippen LogP contribution in [0.2, 0.25) is 0 Å². The van der Waals surface area contributed by atoms with Crippen LogP contribution < -0.4 is 5.32 Å². The van der Waals surface area contributed by atoms with Gasteiger partial charge in [0.2, 0.25) is 11.8 Å². The van der Waals surface area contributed by atoms with E-state index in [1.807, 2.05) is 4.90 Å². The van der Waals surface area contributed by atoms with E-state index < -0.39 is 0 Å². The number of aliphatic hydroxyl groups is 2. The maximum Gasteiger partial charge on any atom is 0.241 e. The van der Waals surface area contributed by atoms with Gasteiger partial charge in [-0.1, -0.05) is 0 Å². The van der Waals surface area contributed by atoms with E-state index in [1.165, 1.54) is 6.92 Å². The second-order valence-corrected chi connectivity index (χ2v) is 6.81. The first-order valence-corrected chi connectivity index (χ1v) is 8.47. The lowest BCUT2D eigenvalue weighted by atomic mass is 9.64. The molecule has 132 valence electrons. The van der Waals surface area contributed by atoms with Gasteiger partial charge >= 0.3 is 0 Å². The van der Waals surface area contributed by atoms with Gasteiger partial charge in [0.15, 0.2) is 0 Å². The summed E-state index contributed by atoms with van der Waals surface area (Å²) in [4.78, 5) is 27.0. The van der Waals surface area contributed by atoms with Crippen LogP contribution in [0.5, 0.6) is 0 Å². The lowest BCUT2D eigenvalue weighted by Crippen LogP contribution is -2.55. The van der Waals surface area contributed by atoms with Crippen LogP contribution in [0.15, 0.2) is 0 Å². The maximum atomic E-state index is 12.1. The normalized spacial score (nSPS) is 24.7. The van der Waals surface area contributed by atoms with Gasteiger partial charge < -0.3 is 25.3 Å². The second-order valence-electron chi connectivity index (χ2n) is 6.81. The van der Waals surface area contributed by atoms with Crippen molar-refractivity contribution in [3.05, 3.63) is 0 Å². The highest BCUT2D eigenvalue weighted by Gasteiger charge is 2.44. The average Bonchev–Trinajstić information content (AvgIpc) is 2.55. The summed E-state index contributed by atoms with van der Waals surface area (Å²) in [7, 11) is 0. The zero-order valence-electron chi connectivity index (χ0n) is 14.0. The third-order valence-corrected chi connectivity index (χ3v) is 5.51. The van der Waals surface area contributed by atoms with Crippen molar-refractivity contribution in [3.8, 4) is 0 Å². The number of hydrogen-bond acceptors (Lipinski definition) is 5. The number of amides is 2. The van der Waals surface area contributed by atoms with Crippen LogP contribution >= 0.6 is 0 Å². The molecule has 2 fully saturated rings. The minimum atomic E-state index is -0.191. The van der Waals surface area contributed by atoms with Crippen molar-refractivity contribution in [2.45, 2.75) is 26.2 Å². The number of β-amino-alcohol motifs (C(OH)–C–C–N with tert-alkyl or cyclic N) is 1. The maximum absolute atomic E-state index is 12.1. The van der Waals surface area contributed by atoms with E-state index in [2.05, 4.69) is 10.2 Å². The topological polar surface area (TPSA) is 93.1 Å². The Balaban J connectivity index is 1.89. The van der Waals surface area contributed by atoms with Crippen LogP contribution in [0.1, 0.15) is 26.2 Å². The predicted molar refractivity (Wildman–Crippen MR) is 85.6 cm³/mol. The number of aliphatic hydroxyl groups excluding tert-OH is 2. The summed E-state index contributed by atoms with van der Waals surface area (Å²) in [6, 6.07) is 0. The Bertz CT molecular complexity index is 422. The number of hydrogen-bond donors (Lipinski definition) is 3. The van der Waals surface area contributed by atoms with Gasteiger partial charge in [0, 0.05) is 45.6 Å². The monoisotopic (exact) mass is 327 g/mol. The molecule has 0 radical (unpaired) electrons. The number of rotatable bonds is 5. The molecule has 0 bridgehead atoms. The number of likely N-dealkylation sites (tertiary alicyclic amines) is 2. The van der Waals surface area contributed by atoms with Crippen molar-refractivity contribution in [3.63, 3.8) is 0 Å². The van der Waals surface area contributed by atoms with Gasteiger partial charge in [-0.2, -0.15) is 0 Å². The first kappa shape index (κ1) is 18.2.